The van der Waals surface area contributed by atoms with Crippen molar-refractivity contribution in [2.24, 2.45) is 10.9 Å². The lowest BCUT2D eigenvalue weighted by Gasteiger charge is -2.17. The summed E-state index contributed by atoms with van der Waals surface area (Å²) in [4.78, 5) is 6.45. The van der Waals surface area contributed by atoms with Gasteiger partial charge in [0, 0.05) is 39.8 Å². The summed E-state index contributed by atoms with van der Waals surface area (Å²) in [5, 5.41) is 6.73. The van der Waals surface area contributed by atoms with Crippen LogP contribution in [-0.2, 0) is 4.74 Å². The normalized spacial score (nSPS) is 23.9. The third-order valence-electron chi connectivity index (χ3n) is 3.12. The lowest BCUT2D eigenvalue weighted by atomic mass is 10.5. The van der Waals surface area contributed by atoms with Gasteiger partial charge in [-0.05, 0) is 19.4 Å². The van der Waals surface area contributed by atoms with Gasteiger partial charge >= 0.3 is 0 Å². The van der Waals surface area contributed by atoms with Crippen LogP contribution in [0.3, 0.4) is 0 Å². The van der Waals surface area contributed by atoms with Crippen molar-refractivity contribution < 1.29 is 4.74 Å². The molecule has 0 radical (unpaired) electrons. The van der Waals surface area contributed by atoms with Gasteiger partial charge < -0.3 is 20.3 Å². The van der Waals surface area contributed by atoms with Gasteiger partial charge in [-0.25, -0.2) is 0 Å². The summed E-state index contributed by atoms with van der Waals surface area (Å²) < 4.78 is 5.04. The molecule has 5 heteroatoms. The molecule has 2 unspecified atom stereocenters. The molecule has 0 aliphatic heterocycles. The van der Waals surface area contributed by atoms with Crippen molar-refractivity contribution >= 4 is 5.96 Å². The molecule has 100 valence electrons. The Kier molecular flexibility index (Phi) is 6.29. The maximum absolute atomic E-state index is 5.04. The molecule has 0 aromatic heterocycles. The zero-order chi connectivity index (χ0) is 12.7. The van der Waals surface area contributed by atoms with Crippen LogP contribution in [-0.4, -0.2) is 64.3 Å². The minimum absolute atomic E-state index is 0.618. The highest BCUT2D eigenvalue weighted by Gasteiger charge is 2.33. The number of hydrogen-bond acceptors (Lipinski definition) is 3. The summed E-state index contributed by atoms with van der Waals surface area (Å²) in [6.45, 7) is 5.89. The van der Waals surface area contributed by atoms with E-state index in [1.807, 2.05) is 7.05 Å². The Morgan fingerprint density at radius 2 is 2.18 bits per heavy atom. The molecule has 2 N–H and O–H groups in total. The number of nitrogens with zero attached hydrogens (tertiary/aromatic N) is 2. The summed E-state index contributed by atoms with van der Waals surface area (Å²) in [5.74, 6) is 1.71. The molecular formula is C12H26N4O. The number of ether oxygens (including phenoxy) is 1. The molecule has 5 nitrogen and oxygen atoms in total. The lowest BCUT2D eigenvalue weighted by molar-refractivity contribution is 0.162. The summed E-state index contributed by atoms with van der Waals surface area (Å²) in [6.07, 6.45) is 1.26. The van der Waals surface area contributed by atoms with E-state index in [0.717, 1.165) is 38.1 Å². The fraction of sp³-hybridized carbons (Fsp3) is 0.917. The molecule has 0 saturated heterocycles. The Hall–Kier alpha value is -0.810. The molecule has 0 amide bonds. The van der Waals surface area contributed by atoms with Crippen LogP contribution in [0.2, 0.25) is 0 Å². The molecule has 1 aliphatic carbocycles. The quantitative estimate of drug-likeness (QED) is 0.492. The summed E-state index contributed by atoms with van der Waals surface area (Å²) in [7, 11) is 5.64. The van der Waals surface area contributed by atoms with E-state index in [4.69, 9.17) is 4.74 Å². The van der Waals surface area contributed by atoms with Crippen LogP contribution in [0.5, 0.6) is 0 Å². The fourth-order valence-electron chi connectivity index (χ4n) is 1.62. The molecule has 1 fully saturated rings. The highest BCUT2D eigenvalue weighted by atomic mass is 16.5. The van der Waals surface area contributed by atoms with Crippen LogP contribution in [0.4, 0.5) is 0 Å². The predicted molar refractivity (Wildman–Crippen MR) is 71.4 cm³/mol. The molecule has 0 spiro atoms. The van der Waals surface area contributed by atoms with Gasteiger partial charge in [0.1, 0.15) is 0 Å². The van der Waals surface area contributed by atoms with Gasteiger partial charge in [0.05, 0.1) is 6.61 Å². The first-order valence-corrected chi connectivity index (χ1v) is 6.32. The van der Waals surface area contributed by atoms with Crippen LogP contribution in [0.15, 0.2) is 4.99 Å². The van der Waals surface area contributed by atoms with Gasteiger partial charge in [-0.15, -0.1) is 0 Å². The van der Waals surface area contributed by atoms with E-state index >= 15 is 0 Å². The third kappa shape index (κ3) is 5.89. The van der Waals surface area contributed by atoms with Crippen LogP contribution in [0, 0.1) is 5.92 Å². The van der Waals surface area contributed by atoms with Gasteiger partial charge in [-0.3, -0.25) is 4.99 Å². The van der Waals surface area contributed by atoms with E-state index in [-0.39, 0.29) is 0 Å². The van der Waals surface area contributed by atoms with Crippen molar-refractivity contribution in [3.05, 3.63) is 0 Å². The fourth-order valence-corrected chi connectivity index (χ4v) is 1.62. The lowest BCUT2D eigenvalue weighted by Crippen LogP contribution is -2.42. The SMILES string of the molecule is CN=C(NCCN(C)CCOC)NC1CC1C. The average molecular weight is 242 g/mol. The maximum Gasteiger partial charge on any atom is 0.191 e. The van der Waals surface area contributed by atoms with Crippen molar-refractivity contribution in [3.8, 4) is 0 Å². The Labute approximate surface area is 105 Å². The standard InChI is InChI=1S/C12H26N4O/c1-10-9-11(10)15-12(13-2)14-5-6-16(3)7-8-17-4/h10-11H,5-9H2,1-4H3,(H2,13,14,15). The minimum atomic E-state index is 0.618. The number of guanidine groups is 1. The van der Waals surface area contributed by atoms with Crippen molar-refractivity contribution in [1.82, 2.24) is 15.5 Å². The van der Waals surface area contributed by atoms with Crippen LogP contribution in [0.1, 0.15) is 13.3 Å². The molecule has 0 aromatic carbocycles. The molecule has 1 rings (SSSR count). The van der Waals surface area contributed by atoms with E-state index in [1.165, 1.54) is 6.42 Å². The number of hydrogen-bond donors (Lipinski definition) is 2. The van der Waals surface area contributed by atoms with Crippen molar-refractivity contribution in [2.45, 2.75) is 19.4 Å². The second-order valence-corrected chi connectivity index (χ2v) is 4.76. The van der Waals surface area contributed by atoms with E-state index in [9.17, 15) is 0 Å². The number of methoxy groups -OCH3 is 1. The van der Waals surface area contributed by atoms with Crippen molar-refractivity contribution in [3.63, 3.8) is 0 Å². The van der Waals surface area contributed by atoms with Gasteiger partial charge in [0.25, 0.3) is 0 Å². The predicted octanol–water partition coefficient (Wildman–Crippen LogP) is 0.138. The van der Waals surface area contributed by atoms with Crippen LogP contribution >= 0.6 is 0 Å². The highest BCUT2D eigenvalue weighted by Crippen LogP contribution is 2.28. The zero-order valence-electron chi connectivity index (χ0n) is 11.5. The molecule has 0 bridgehead atoms. The summed E-state index contributed by atoms with van der Waals surface area (Å²) >= 11 is 0. The molecule has 2 atom stereocenters. The summed E-state index contributed by atoms with van der Waals surface area (Å²) in [5.41, 5.74) is 0. The third-order valence-corrected chi connectivity index (χ3v) is 3.12. The first-order chi connectivity index (χ1) is 8.17. The Morgan fingerprint density at radius 3 is 2.71 bits per heavy atom. The summed E-state index contributed by atoms with van der Waals surface area (Å²) in [6, 6.07) is 0.618. The second-order valence-electron chi connectivity index (χ2n) is 4.76. The molecule has 1 aliphatic rings. The topological polar surface area (TPSA) is 48.9 Å². The monoisotopic (exact) mass is 242 g/mol. The van der Waals surface area contributed by atoms with E-state index < -0.39 is 0 Å². The Balaban J connectivity index is 2.07. The number of rotatable bonds is 7. The second kappa shape index (κ2) is 7.50. The van der Waals surface area contributed by atoms with Gasteiger partial charge in [0.15, 0.2) is 5.96 Å². The van der Waals surface area contributed by atoms with Gasteiger partial charge in [-0.2, -0.15) is 0 Å². The van der Waals surface area contributed by atoms with Crippen molar-refractivity contribution in [2.75, 3.05) is 47.4 Å². The van der Waals surface area contributed by atoms with Gasteiger partial charge in [-0.1, -0.05) is 6.92 Å². The molecule has 0 aromatic rings. The molecular weight excluding hydrogens is 216 g/mol. The average Bonchev–Trinajstić information content (AvgIpc) is 3.01. The number of nitrogens with one attached hydrogen (secondary N) is 2. The van der Waals surface area contributed by atoms with E-state index in [1.54, 1.807) is 7.11 Å². The van der Waals surface area contributed by atoms with Crippen molar-refractivity contribution in [1.29, 1.82) is 0 Å². The molecule has 1 saturated carbocycles. The van der Waals surface area contributed by atoms with Crippen LogP contribution in [0.25, 0.3) is 0 Å². The van der Waals surface area contributed by atoms with Gasteiger partial charge in [0.2, 0.25) is 0 Å². The highest BCUT2D eigenvalue weighted by molar-refractivity contribution is 5.80. The smallest absolute Gasteiger partial charge is 0.191 e. The number of likely N-dealkylation sites (N-methyl/N-ethyl adjacent to an activating group) is 1. The largest absolute Gasteiger partial charge is 0.383 e. The number of aliphatic imine (C=N–C) groups is 1. The Bertz CT molecular complexity index is 245. The first-order valence-electron chi connectivity index (χ1n) is 6.32. The van der Waals surface area contributed by atoms with Crippen LogP contribution < -0.4 is 10.6 Å². The van der Waals surface area contributed by atoms with E-state index in [0.29, 0.717) is 6.04 Å². The first kappa shape index (κ1) is 14.3. The maximum atomic E-state index is 5.04. The molecule has 0 heterocycles. The van der Waals surface area contributed by atoms with E-state index in [2.05, 4.69) is 34.5 Å². The minimum Gasteiger partial charge on any atom is -0.383 e. The zero-order valence-corrected chi connectivity index (χ0v) is 11.5. The molecule has 17 heavy (non-hydrogen) atoms. The Morgan fingerprint density at radius 1 is 1.47 bits per heavy atom.